The first-order valence-electron chi connectivity index (χ1n) is 10.7. The van der Waals surface area contributed by atoms with Crippen LogP contribution in [0.2, 0.25) is 5.02 Å². The van der Waals surface area contributed by atoms with Crippen LogP contribution in [0.3, 0.4) is 0 Å². The van der Waals surface area contributed by atoms with E-state index >= 15 is 0 Å². The summed E-state index contributed by atoms with van der Waals surface area (Å²) >= 11 is 6.47. The molecule has 29 heavy (non-hydrogen) atoms. The summed E-state index contributed by atoms with van der Waals surface area (Å²) in [6.45, 7) is 11.0. The number of hydrogen-bond donors (Lipinski definition) is 1. The lowest BCUT2D eigenvalue weighted by molar-refractivity contribution is 0.148. The van der Waals surface area contributed by atoms with Crippen molar-refractivity contribution in [2.24, 2.45) is 0 Å². The van der Waals surface area contributed by atoms with Gasteiger partial charge >= 0.3 is 0 Å². The van der Waals surface area contributed by atoms with Gasteiger partial charge in [0.15, 0.2) is 0 Å². The van der Waals surface area contributed by atoms with Crippen LogP contribution in [0.1, 0.15) is 56.4 Å². The van der Waals surface area contributed by atoms with Crippen molar-refractivity contribution < 1.29 is 0 Å². The molecule has 1 aromatic carbocycles. The van der Waals surface area contributed by atoms with E-state index in [4.69, 9.17) is 22.3 Å². The molecule has 0 amide bonds. The molecule has 0 bridgehead atoms. The molecule has 2 heterocycles. The van der Waals surface area contributed by atoms with Crippen LogP contribution in [0.4, 0.5) is 11.8 Å². The maximum absolute atomic E-state index is 6.47. The lowest BCUT2D eigenvalue weighted by atomic mass is 9.82. The number of aromatic nitrogens is 2. The zero-order valence-electron chi connectivity index (χ0n) is 17.8. The van der Waals surface area contributed by atoms with E-state index in [-0.39, 0.29) is 5.54 Å². The monoisotopic (exact) mass is 413 g/mol. The SMILES string of the molecule is CC(C)(C)N1CCCN(c2nc(N)nc3c2CCC(c2ccccc2Cl)C3)CC1. The van der Waals surface area contributed by atoms with Gasteiger partial charge in [-0.15, -0.1) is 0 Å². The van der Waals surface area contributed by atoms with Gasteiger partial charge in [0.25, 0.3) is 0 Å². The Bertz CT molecular complexity index is 876. The van der Waals surface area contributed by atoms with Gasteiger partial charge in [0, 0.05) is 42.3 Å². The molecule has 1 unspecified atom stereocenters. The van der Waals surface area contributed by atoms with E-state index in [9.17, 15) is 0 Å². The number of nitrogens with two attached hydrogens (primary N) is 1. The van der Waals surface area contributed by atoms with E-state index in [1.807, 2.05) is 12.1 Å². The molecule has 1 aromatic heterocycles. The molecule has 0 spiro atoms. The molecule has 6 heteroatoms. The fraction of sp³-hybridized carbons (Fsp3) is 0.565. The predicted octanol–water partition coefficient (Wildman–Crippen LogP) is 4.30. The number of benzene rings is 1. The molecular weight excluding hydrogens is 382 g/mol. The normalized spacial score (nSPS) is 21.0. The summed E-state index contributed by atoms with van der Waals surface area (Å²) in [5.74, 6) is 1.83. The van der Waals surface area contributed by atoms with E-state index < -0.39 is 0 Å². The maximum atomic E-state index is 6.47. The summed E-state index contributed by atoms with van der Waals surface area (Å²) in [6, 6.07) is 8.17. The number of fused-ring (bicyclic) bond motifs is 1. The summed E-state index contributed by atoms with van der Waals surface area (Å²) in [4.78, 5) is 14.3. The van der Waals surface area contributed by atoms with Gasteiger partial charge in [-0.05, 0) is 64.0 Å². The van der Waals surface area contributed by atoms with Crippen molar-refractivity contribution in [3.05, 3.63) is 46.1 Å². The molecule has 1 aliphatic heterocycles. The third-order valence-electron chi connectivity index (χ3n) is 6.36. The third-order valence-corrected chi connectivity index (χ3v) is 6.70. The number of rotatable bonds is 2. The molecule has 0 saturated carbocycles. The molecule has 0 radical (unpaired) electrons. The lowest BCUT2D eigenvalue weighted by Crippen LogP contribution is -2.43. The Kier molecular flexibility index (Phi) is 5.71. The Hall–Kier alpha value is -1.85. The molecule has 2 aliphatic rings. The second kappa shape index (κ2) is 8.11. The zero-order valence-corrected chi connectivity index (χ0v) is 18.5. The topological polar surface area (TPSA) is 58.3 Å². The summed E-state index contributed by atoms with van der Waals surface area (Å²) in [5, 5.41) is 0.845. The van der Waals surface area contributed by atoms with Gasteiger partial charge in [0.1, 0.15) is 5.82 Å². The van der Waals surface area contributed by atoms with Gasteiger partial charge in [-0.2, -0.15) is 4.98 Å². The van der Waals surface area contributed by atoms with Gasteiger partial charge in [0.05, 0.1) is 5.69 Å². The Balaban J connectivity index is 1.59. The van der Waals surface area contributed by atoms with Gasteiger partial charge in [0.2, 0.25) is 5.95 Å². The zero-order chi connectivity index (χ0) is 20.6. The van der Waals surface area contributed by atoms with E-state index in [0.29, 0.717) is 11.9 Å². The van der Waals surface area contributed by atoms with E-state index in [0.717, 1.165) is 68.4 Å². The lowest BCUT2D eigenvalue weighted by Gasteiger charge is -2.35. The van der Waals surface area contributed by atoms with E-state index in [1.54, 1.807) is 0 Å². The molecule has 1 fully saturated rings. The second-order valence-electron chi connectivity index (χ2n) is 9.29. The number of anilines is 2. The highest BCUT2D eigenvalue weighted by Crippen LogP contribution is 2.38. The smallest absolute Gasteiger partial charge is 0.222 e. The van der Waals surface area contributed by atoms with Crippen molar-refractivity contribution in [2.45, 2.75) is 57.9 Å². The van der Waals surface area contributed by atoms with Crippen LogP contribution < -0.4 is 10.6 Å². The van der Waals surface area contributed by atoms with Crippen molar-refractivity contribution in [1.82, 2.24) is 14.9 Å². The molecule has 1 saturated heterocycles. The minimum Gasteiger partial charge on any atom is -0.368 e. The highest BCUT2D eigenvalue weighted by molar-refractivity contribution is 6.31. The van der Waals surface area contributed by atoms with Crippen molar-refractivity contribution in [3.63, 3.8) is 0 Å². The average Bonchev–Trinajstić information content (AvgIpc) is 2.93. The summed E-state index contributed by atoms with van der Waals surface area (Å²) < 4.78 is 0. The summed E-state index contributed by atoms with van der Waals surface area (Å²) in [7, 11) is 0. The average molecular weight is 414 g/mol. The molecule has 4 rings (SSSR count). The fourth-order valence-corrected chi connectivity index (χ4v) is 5.04. The van der Waals surface area contributed by atoms with Gasteiger partial charge in [-0.1, -0.05) is 29.8 Å². The Morgan fingerprint density at radius 3 is 2.62 bits per heavy atom. The first-order chi connectivity index (χ1) is 13.8. The number of hydrogen-bond acceptors (Lipinski definition) is 5. The number of nitrogen functional groups attached to an aromatic ring is 1. The van der Waals surface area contributed by atoms with Crippen LogP contribution in [0.5, 0.6) is 0 Å². The van der Waals surface area contributed by atoms with Gasteiger partial charge < -0.3 is 10.6 Å². The van der Waals surface area contributed by atoms with Crippen molar-refractivity contribution in [3.8, 4) is 0 Å². The van der Waals surface area contributed by atoms with Crippen molar-refractivity contribution in [1.29, 1.82) is 0 Å². The minimum absolute atomic E-state index is 0.197. The molecule has 156 valence electrons. The highest BCUT2D eigenvalue weighted by Gasteiger charge is 2.30. The largest absolute Gasteiger partial charge is 0.368 e. The first-order valence-corrected chi connectivity index (χ1v) is 11.1. The van der Waals surface area contributed by atoms with Crippen LogP contribution in [0.25, 0.3) is 0 Å². The van der Waals surface area contributed by atoms with Crippen molar-refractivity contribution in [2.75, 3.05) is 36.8 Å². The molecule has 1 atom stereocenters. The number of halogens is 1. The fourth-order valence-electron chi connectivity index (χ4n) is 4.75. The molecule has 5 nitrogen and oxygen atoms in total. The van der Waals surface area contributed by atoms with Crippen LogP contribution in [-0.2, 0) is 12.8 Å². The van der Waals surface area contributed by atoms with Crippen molar-refractivity contribution >= 4 is 23.4 Å². The highest BCUT2D eigenvalue weighted by atomic mass is 35.5. The Morgan fingerprint density at radius 1 is 1.07 bits per heavy atom. The first kappa shape index (κ1) is 20.4. The van der Waals surface area contributed by atoms with Crippen LogP contribution in [0.15, 0.2) is 24.3 Å². The molecular formula is C23H32ClN5. The third kappa shape index (κ3) is 4.36. The molecule has 2 N–H and O–H groups in total. The summed E-state index contributed by atoms with van der Waals surface area (Å²) in [5.41, 5.74) is 9.95. The maximum Gasteiger partial charge on any atom is 0.222 e. The minimum atomic E-state index is 0.197. The predicted molar refractivity (Wildman–Crippen MR) is 121 cm³/mol. The van der Waals surface area contributed by atoms with Gasteiger partial charge in [-0.3, -0.25) is 4.90 Å². The summed E-state index contributed by atoms with van der Waals surface area (Å²) in [6.07, 6.45) is 4.05. The van der Waals surface area contributed by atoms with E-state index in [2.05, 4.69) is 47.7 Å². The van der Waals surface area contributed by atoms with Crippen LogP contribution >= 0.6 is 11.6 Å². The molecule has 2 aromatic rings. The standard InChI is InChI=1S/C23H32ClN5/c1-23(2,3)29-12-6-11-28(13-14-29)21-18-10-9-16(15-20(18)26-22(25)27-21)17-7-4-5-8-19(17)24/h4-5,7-8,16H,6,9-15H2,1-3H3,(H2,25,26,27). The second-order valence-corrected chi connectivity index (χ2v) is 9.70. The van der Waals surface area contributed by atoms with E-state index in [1.165, 1.54) is 11.1 Å². The molecule has 1 aliphatic carbocycles. The number of nitrogens with zero attached hydrogens (tertiary/aromatic N) is 4. The van der Waals surface area contributed by atoms with Crippen LogP contribution in [0, 0.1) is 0 Å². The van der Waals surface area contributed by atoms with Gasteiger partial charge in [-0.25, -0.2) is 4.98 Å². The Labute approximate surface area is 179 Å². The quantitative estimate of drug-likeness (QED) is 0.795. The van der Waals surface area contributed by atoms with Crippen LogP contribution in [-0.4, -0.2) is 46.6 Å². The Morgan fingerprint density at radius 2 is 1.86 bits per heavy atom.